The molecular formula is C30H32N6O. The molecule has 0 bridgehead atoms. The van der Waals surface area contributed by atoms with Crippen LogP contribution >= 0.6 is 0 Å². The lowest BCUT2D eigenvalue weighted by molar-refractivity contribution is -0.109. The zero-order valence-electron chi connectivity index (χ0n) is 21.5. The molecule has 5 aromatic rings. The van der Waals surface area contributed by atoms with Crippen LogP contribution in [0.1, 0.15) is 39.1 Å². The summed E-state index contributed by atoms with van der Waals surface area (Å²) in [5.74, 6) is 0.545. The van der Waals surface area contributed by atoms with Crippen molar-refractivity contribution in [1.82, 2.24) is 25.1 Å². The van der Waals surface area contributed by atoms with Crippen LogP contribution < -0.4 is 11.1 Å². The molecule has 0 unspecified atom stereocenters. The van der Waals surface area contributed by atoms with E-state index in [1.807, 2.05) is 55.2 Å². The number of hydrogen-bond acceptors (Lipinski definition) is 5. The quantitative estimate of drug-likeness (QED) is 0.315. The molecule has 2 aromatic carbocycles. The molecule has 0 aliphatic rings. The van der Waals surface area contributed by atoms with Gasteiger partial charge in [-0.25, -0.2) is 4.98 Å². The highest BCUT2D eigenvalue weighted by atomic mass is 16.1. The largest absolute Gasteiger partial charge is 0.383 e. The Hall–Kier alpha value is -4.52. The van der Waals surface area contributed by atoms with E-state index in [9.17, 15) is 4.79 Å². The molecule has 0 saturated heterocycles. The van der Waals surface area contributed by atoms with Crippen LogP contribution in [0.25, 0.3) is 10.8 Å². The summed E-state index contributed by atoms with van der Waals surface area (Å²) in [6.45, 7) is 7.47. The van der Waals surface area contributed by atoms with Gasteiger partial charge >= 0.3 is 0 Å². The van der Waals surface area contributed by atoms with Gasteiger partial charge in [0, 0.05) is 42.6 Å². The van der Waals surface area contributed by atoms with Gasteiger partial charge in [0.1, 0.15) is 5.82 Å². The normalized spacial score (nSPS) is 10.6. The maximum absolute atomic E-state index is 10.4. The van der Waals surface area contributed by atoms with E-state index in [0.29, 0.717) is 18.8 Å². The highest BCUT2D eigenvalue weighted by molar-refractivity contribution is 5.94. The Morgan fingerprint density at radius 3 is 2.41 bits per heavy atom. The molecule has 188 valence electrons. The predicted octanol–water partition coefficient (Wildman–Crippen LogP) is 4.91. The van der Waals surface area contributed by atoms with E-state index in [-0.39, 0.29) is 0 Å². The highest BCUT2D eigenvalue weighted by Gasteiger charge is 2.09. The fraction of sp³-hybridized carbons (Fsp3) is 0.200. The first-order valence-corrected chi connectivity index (χ1v) is 12.2. The van der Waals surface area contributed by atoms with E-state index in [2.05, 4.69) is 63.8 Å². The zero-order valence-corrected chi connectivity index (χ0v) is 21.5. The number of carbonyl (C=O) groups excluding carboxylic acids is 1. The Bertz CT molecular complexity index is 1480. The zero-order chi connectivity index (χ0) is 26.2. The van der Waals surface area contributed by atoms with Crippen molar-refractivity contribution in [3.05, 3.63) is 118 Å². The van der Waals surface area contributed by atoms with Gasteiger partial charge in [0.25, 0.3) is 0 Å². The molecule has 0 atom stereocenters. The van der Waals surface area contributed by atoms with E-state index < -0.39 is 0 Å². The molecular weight excluding hydrogens is 460 g/mol. The Morgan fingerprint density at radius 2 is 1.73 bits per heavy atom. The number of carbonyl (C=O) groups is 1. The first-order valence-electron chi connectivity index (χ1n) is 12.2. The van der Waals surface area contributed by atoms with Crippen LogP contribution in [0.4, 0.5) is 5.82 Å². The first kappa shape index (κ1) is 25.6. The standard InChI is InChI=1S/C17H17N3.C13H15N3O/c1-14-11-19-20(12-14)13-16-7-5-15(6-8-16)10-17-4-2-3-9-18-17;1-8-5-11-10(3-4-16-13(11)14)9(2)12(8)6-15-7-17/h2-9,11-12H,10,13H2,1H3;3-5,7H,6H2,1-2H3,(H2,14,16)(H,15,17). The second kappa shape index (κ2) is 11.9. The lowest BCUT2D eigenvalue weighted by atomic mass is 9.96. The maximum Gasteiger partial charge on any atom is 0.207 e. The lowest BCUT2D eigenvalue weighted by Crippen LogP contribution is -2.12. The van der Waals surface area contributed by atoms with Crippen molar-refractivity contribution in [2.24, 2.45) is 0 Å². The summed E-state index contributed by atoms with van der Waals surface area (Å²) in [6.07, 6.45) is 9.07. The van der Waals surface area contributed by atoms with Gasteiger partial charge in [0.2, 0.25) is 6.41 Å². The van der Waals surface area contributed by atoms with Crippen molar-refractivity contribution in [2.75, 3.05) is 5.73 Å². The molecule has 0 spiro atoms. The Labute approximate surface area is 217 Å². The van der Waals surface area contributed by atoms with Crippen molar-refractivity contribution < 1.29 is 4.79 Å². The molecule has 37 heavy (non-hydrogen) atoms. The molecule has 0 aliphatic heterocycles. The summed E-state index contributed by atoms with van der Waals surface area (Å²) in [5.41, 5.74) is 14.1. The van der Waals surface area contributed by atoms with Crippen molar-refractivity contribution in [3.8, 4) is 0 Å². The number of pyridine rings is 2. The van der Waals surface area contributed by atoms with Gasteiger partial charge in [-0.2, -0.15) is 5.10 Å². The number of aromatic nitrogens is 4. The number of nitrogens with zero attached hydrogens (tertiary/aromatic N) is 4. The second-order valence-electron chi connectivity index (χ2n) is 9.12. The summed E-state index contributed by atoms with van der Waals surface area (Å²) in [4.78, 5) is 18.8. The van der Waals surface area contributed by atoms with Gasteiger partial charge in [-0.1, -0.05) is 30.3 Å². The third-order valence-electron chi connectivity index (χ3n) is 6.32. The Kier molecular flexibility index (Phi) is 8.26. The predicted molar refractivity (Wildman–Crippen MR) is 148 cm³/mol. The van der Waals surface area contributed by atoms with Gasteiger partial charge in [0.15, 0.2) is 0 Å². The number of hydrogen-bond donors (Lipinski definition) is 2. The van der Waals surface area contributed by atoms with Crippen molar-refractivity contribution in [3.63, 3.8) is 0 Å². The molecule has 3 N–H and O–H groups in total. The summed E-state index contributed by atoms with van der Waals surface area (Å²) >= 11 is 0. The van der Waals surface area contributed by atoms with E-state index in [1.165, 1.54) is 16.7 Å². The van der Waals surface area contributed by atoms with Crippen LogP contribution in [0.2, 0.25) is 0 Å². The average molecular weight is 493 g/mol. The summed E-state index contributed by atoms with van der Waals surface area (Å²) in [6, 6.07) is 18.7. The number of nitrogens with one attached hydrogen (secondary N) is 1. The summed E-state index contributed by atoms with van der Waals surface area (Å²) in [7, 11) is 0. The van der Waals surface area contributed by atoms with E-state index in [4.69, 9.17) is 5.73 Å². The highest BCUT2D eigenvalue weighted by Crippen LogP contribution is 2.27. The number of rotatable bonds is 7. The minimum absolute atomic E-state index is 0.541. The van der Waals surface area contributed by atoms with E-state index in [1.54, 1.807) is 6.20 Å². The van der Waals surface area contributed by atoms with Crippen molar-refractivity contribution in [1.29, 1.82) is 0 Å². The maximum atomic E-state index is 10.4. The van der Waals surface area contributed by atoms with Crippen LogP contribution in [0.3, 0.4) is 0 Å². The van der Waals surface area contributed by atoms with Crippen LogP contribution in [0.5, 0.6) is 0 Å². The minimum Gasteiger partial charge on any atom is -0.383 e. The smallest absolute Gasteiger partial charge is 0.207 e. The molecule has 0 aliphatic carbocycles. The summed E-state index contributed by atoms with van der Waals surface area (Å²) < 4.78 is 1.96. The number of benzene rings is 2. The molecule has 3 aromatic heterocycles. The van der Waals surface area contributed by atoms with Crippen LogP contribution in [-0.4, -0.2) is 26.2 Å². The monoisotopic (exact) mass is 492 g/mol. The third-order valence-corrected chi connectivity index (χ3v) is 6.32. The minimum atomic E-state index is 0.541. The van der Waals surface area contributed by atoms with Crippen molar-refractivity contribution >= 4 is 23.0 Å². The van der Waals surface area contributed by atoms with Gasteiger partial charge in [-0.05, 0) is 83.8 Å². The van der Waals surface area contributed by atoms with Gasteiger partial charge < -0.3 is 11.1 Å². The van der Waals surface area contributed by atoms with E-state index in [0.717, 1.165) is 46.1 Å². The molecule has 3 heterocycles. The molecule has 7 nitrogen and oxygen atoms in total. The molecule has 5 rings (SSSR count). The Morgan fingerprint density at radius 1 is 0.946 bits per heavy atom. The summed E-state index contributed by atoms with van der Waals surface area (Å²) in [5, 5.41) is 9.06. The number of nitrogens with two attached hydrogens (primary N) is 1. The number of anilines is 1. The molecule has 0 saturated carbocycles. The van der Waals surface area contributed by atoms with Gasteiger partial charge in [0.05, 0.1) is 12.7 Å². The topological polar surface area (TPSA) is 98.7 Å². The number of aryl methyl sites for hydroxylation is 3. The van der Waals surface area contributed by atoms with Gasteiger partial charge in [-0.15, -0.1) is 0 Å². The molecule has 7 heteroatoms. The van der Waals surface area contributed by atoms with Gasteiger partial charge in [-0.3, -0.25) is 14.5 Å². The SMILES string of the molecule is Cc1cc2c(N)nccc2c(C)c1CNC=O.Cc1cnn(Cc2ccc(Cc3ccccn3)cc2)c1. The lowest BCUT2D eigenvalue weighted by Gasteiger charge is -2.13. The fourth-order valence-electron chi connectivity index (χ4n) is 4.36. The molecule has 1 amide bonds. The number of amides is 1. The van der Waals surface area contributed by atoms with E-state index >= 15 is 0 Å². The average Bonchev–Trinajstić information content (AvgIpc) is 3.31. The molecule has 0 radical (unpaired) electrons. The third kappa shape index (κ3) is 6.58. The fourth-order valence-corrected chi connectivity index (χ4v) is 4.36. The first-order chi connectivity index (χ1) is 17.9. The van der Waals surface area contributed by atoms with Crippen LogP contribution in [0, 0.1) is 20.8 Å². The molecule has 0 fully saturated rings. The number of nitrogen functional groups attached to an aromatic ring is 1. The van der Waals surface area contributed by atoms with Crippen molar-refractivity contribution in [2.45, 2.75) is 40.3 Å². The Balaban J connectivity index is 0.000000176. The second-order valence-corrected chi connectivity index (χ2v) is 9.12. The van der Waals surface area contributed by atoms with Crippen LogP contribution in [-0.2, 0) is 24.3 Å². The van der Waals surface area contributed by atoms with Crippen LogP contribution in [0.15, 0.2) is 79.4 Å². The number of fused-ring (bicyclic) bond motifs is 1.